The van der Waals surface area contributed by atoms with Crippen LogP contribution in [0.1, 0.15) is 6.42 Å². The van der Waals surface area contributed by atoms with Crippen LogP contribution in [0.2, 0.25) is 0 Å². The monoisotopic (exact) mass is 250 g/mol. The van der Waals surface area contributed by atoms with Gasteiger partial charge < -0.3 is 10.1 Å². The minimum atomic E-state index is -3.15. The molecule has 0 aromatic rings. The van der Waals surface area contributed by atoms with Gasteiger partial charge in [-0.3, -0.25) is 14.9 Å². The number of hydrogen-bond donors (Lipinski definition) is 2. The fraction of sp³-hybridized carbons (Fsp3) is 0.750. The van der Waals surface area contributed by atoms with E-state index in [4.69, 9.17) is 0 Å². The summed E-state index contributed by atoms with van der Waals surface area (Å²) in [5.74, 6) is -1.58. The highest BCUT2D eigenvalue weighted by Crippen LogP contribution is 2.17. The van der Waals surface area contributed by atoms with Gasteiger partial charge in [0.25, 0.3) is 0 Å². The average Bonchev–Trinajstić information content (AvgIpc) is 2.18. The molecule has 7 nitrogen and oxygen atoms in total. The average molecular weight is 250 g/mol. The lowest BCUT2D eigenvalue weighted by atomic mass is 9.93. The van der Waals surface area contributed by atoms with Gasteiger partial charge in [0.05, 0.1) is 25.6 Å². The molecule has 0 bridgehead atoms. The normalized spacial score (nSPS) is 24.5. The Morgan fingerprint density at radius 2 is 2.19 bits per heavy atom. The highest BCUT2D eigenvalue weighted by molar-refractivity contribution is 7.90. The van der Waals surface area contributed by atoms with Gasteiger partial charge in [-0.15, -0.1) is 0 Å². The molecule has 92 valence electrons. The zero-order chi connectivity index (χ0) is 12.3. The van der Waals surface area contributed by atoms with Crippen LogP contribution in [0.5, 0.6) is 0 Å². The van der Waals surface area contributed by atoms with Gasteiger partial charge in [-0.25, -0.2) is 8.42 Å². The lowest BCUT2D eigenvalue weighted by Crippen LogP contribution is -2.65. The first kappa shape index (κ1) is 12.9. The molecule has 1 amide bonds. The maximum Gasteiger partial charge on any atom is 0.306 e. The minimum Gasteiger partial charge on any atom is -0.469 e. The molecule has 1 aliphatic heterocycles. The molecule has 16 heavy (non-hydrogen) atoms. The largest absolute Gasteiger partial charge is 0.469 e. The molecule has 2 N–H and O–H groups in total. The number of amides is 1. The van der Waals surface area contributed by atoms with Crippen molar-refractivity contribution in [1.29, 1.82) is 0 Å². The standard InChI is InChI=1S/C8H14N2O5S/c1-15-6(11)3-5-7(10-8(5)12)9-4-16(2,13)14/h5,7,9H,3-4H2,1-2H3,(H,10,12). The maximum atomic E-state index is 11.1. The highest BCUT2D eigenvalue weighted by atomic mass is 32.2. The number of carbonyl (C=O) groups is 2. The van der Waals surface area contributed by atoms with Crippen LogP contribution >= 0.6 is 0 Å². The van der Waals surface area contributed by atoms with Crippen molar-refractivity contribution >= 4 is 21.7 Å². The van der Waals surface area contributed by atoms with Crippen LogP contribution in [0, 0.1) is 5.92 Å². The van der Waals surface area contributed by atoms with Crippen molar-refractivity contribution in [3.63, 3.8) is 0 Å². The van der Waals surface area contributed by atoms with Gasteiger partial charge >= 0.3 is 5.97 Å². The summed E-state index contributed by atoms with van der Waals surface area (Å²) in [4.78, 5) is 22.1. The molecular formula is C8H14N2O5S. The molecule has 1 aliphatic rings. The van der Waals surface area contributed by atoms with Gasteiger partial charge in [0.1, 0.15) is 5.88 Å². The Hall–Kier alpha value is -1.15. The third kappa shape index (κ3) is 3.46. The summed E-state index contributed by atoms with van der Waals surface area (Å²) in [5.41, 5.74) is 0. The predicted octanol–water partition coefficient (Wildman–Crippen LogP) is -1.79. The summed E-state index contributed by atoms with van der Waals surface area (Å²) in [6.07, 6.45) is 0.542. The second-order valence-electron chi connectivity index (χ2n) is 3.65. The molecule has 0 radical (unpaired) electrons. The van der Waals surface area contributed by atoms with E-state index in [1.807, 2.05) is 0 Å². The Kier molecular flexibility index (Phi) is 3.87. The summed E-state index contributed by atoms with van der Waals surface area (Å²) in [5, 5.41) is 5.11. The predicted molar refractivity (Wildman–Crippen MR) is 54.9 cm³/mol. The second kappa shape index (κ2) is 4.79. The van der Waals surface area contributed by atoms with Gasteiger partial charge in [-0.05, 0) is 0 Å². The molecule has 0 aliphatic carbocycles. The molecule has 2 unspecified atom stereocenters. The number of esters is 1. The van der Waals surface area contributed by atoms with Gasteiger partial charge in [0, 0.05) is 6.26 Å². The van der Waals surface area contributed by atoms with E-state index >= 15 is 0 Å². The number of β-lactam (4-membered cyclic amide) rings is 1. The number of rotatable bonds is 5. The van der Waals surface area contributed by atoms with E-state index in [9.17, 15) is 18.0 Å². The molecular weight excluding hydrogens is 236 g/mol. The van der Waals surface area contributed by atoms with Crippen LogP contribution in [0.25, 0.3) is 0 Å². The fourth-order valence-electron chi connectivity index (χ4n) is 1.32. The molecule has 2 atom stereocenters. The lowest BCUT2D eigenvalue weighted by Gasteiger charge is -2.36. The SMILES string of the molecule is COC(=O)CC1C(=O)NC1NCS(C)(=O)=O. The molecule has 1 saturated heterocycles. The molecule has 8 heteroatoms. The van der Waals surface area contributed by atoms with Crippen LogP contribution in [-0.4, -0.2) is 45.7 Å². The maximum absolute atomic E-state index is 11.1. The Morgan fingerprint density at radius 3 is 2.62 bits per heavy atom. The number of carbonyl (C=O) groups excluding carboxylic acids is 2. The third-order valence-electron chi connectivity index (χ3n) is 2.22. The summed E-state index contributed by atoms with van der Waals surface area (Å²) in [7, 11) is -1.91. The van der Waals surface area contributed by atoms with E-state index in [1.165, 1.54) is 7.11 Å². The summed E-state index contributed by atoms with van der Waals surface area (Å²) < 4.78 is 26.2. The topological polar surface area (TPSA) is 102 Å². The van der Waals surface area contributed by atoms with Crippen molar-refractivity contribution in [3.05, 3.63) is 0 Å². The Morgan fingerprint density at radius 1 is 1.56 bits per heavy atom. The number of methoxy groups -OCH3 is 1. The van der Waals surface area contributed by atoms with E-state index in [0.29, 0.717) is 0 Å². The number of sulfone groups is 1. The van der Waals surface area contributed by atoms with Crippen molar-refractivity contribution in [2.75, 3.05) is 19.2 Å². The molecule has 0 saturated carbocycles. The molecule has 0 spiro atoms. The smallest absolute Gasteiger partial charge is 0.306 e. The second-order valence-corrected chi connectivity index (χ2v) is 5.79. The Bertz CT molecular complexity index is 391. The summed E-state index contributed by atoms with van der Waals surface area (Å²) >= 11 is 0. The zero-order valence-electron chi connectivity index (χ0n) is 9.02. The van der Waals surface area contributed by atoms with Crippen LogP contribution in [-0.2, 0) is 24.2 Å². The van der Waals surface area contributed by atoms with E-state index in [-0.39, 0.29) is 18.2 Å². The highest BCUT2D eigenvalue weighted by Gasteiger charge is 2.40. The number of hydrogen-bond acceptors (Lipinski definition) is 6. The van der Waals surface area contributed by atoms with Crippen molar-refractivity contribution in [2.24, 2.45) is 5.92 Å². The molecule has 1 heterocycles. The third-order valence-corrected chi connectivity index (χ3v) is 2.91. The van der Waals surface area contributed by atoms with Crippen LogP contribution in [0.4, 0.5) is 0 Å². The molecule has 0 aromatic heterocycles. The van der Waals surface area contributed by atoms with Crippen LogP contribution in [0.3, 0.4) is 0 Å². The quantitative estimate of drug-likeness (QED) is 0.441. The molecule has 0 aromatic carbocycles. The van der Waals surface area contributed by atoms with Crippen LogP contribution < -0.4 is 10.6 Å². The van der Waals surface area contributed by atoms with E-state index in [1.54, 1.807) is 0 Å². The summed E-state index contributed by atoms with van der Waals surface area (Å²) in [6.45, 7) is 0. The Balaban J connectivity index is 2.44. The Labute approximate surface area is 93.4 Å². The van der Waals surface area contributed by atoms with Crippen molar-refractivity contribution in [3.8, 4) is 0 Å². The van der Waals surface area contributed by atoms with E-state index in [2.05, 4.69) is 15.4 Å². The van der Waals surface area contributed by atoms with Crippen molar-refractivity contribution in [2.45, 2.75) is 12.6 Å². The first-order chi connectivity index (χ1) is 7.33. The lowest BCUT2D eigenvalue weighted by molar-refractivity contribution is -0.149. The van der Waals surface area contributed by atoms with Crippen LogP contribution in [0.15, 0.2) is 0 Å². The van der Waals surface area contributed by atoms with Gasteiger partial charge in [-0.1, -0.05) is 0 Å². The van der Waals surface area contributed by atoms with Crippen molar-refractivity contribution in [1.82, 2.24) is 10.6 Å². The fourth-order valence-corrected chi connectivity index (χ4v) is 1.81. The van der Waals surface area contributed by atoms with Gasteiger partial charge in [0.2, 0.25) is 5.91 Å². The first-order valence-electron chi connectivity index (χ1n) is 4.62. The summed E-state index contributed by atoms with van der Waals surface area (Å²) in [6, 6.07) is 0. The molecule has 1 rings (SSSR count). The van der Waals surface area contributed by atoms with E-state index in [0.717, 1.165) is 6.26 Å². The van der Waals surface area contributed by atoms with E-state index < -0.39 is 27.9 Å². The molecule has 1 fully saturated rings. The van der Waals surface area contributed by atoms with Gasteiger partial charge in [0.15, 0.2) is 9.84 Å². The van der Waals surface area contributed by atoms with Gasteiger partial charge in [-0.2, -0.15) is 0 Å². The first-order valence-corrected chi connectivity index (χ1v) is 6.68. The van der Waals surface area contributed by atoms with Crippen molar-refractivity contribution < 1.29 is 22.7 Å². The number of nitrogens with one attached hydrogen (secondary N) is 2. The zero-order valence-corrected chi connectivity index (χ0v) is 9.83. The number of ether oxygens (including phenoxy) is 1. The minimum absolute atomic E-state index is 0.0518.